The Morgan fingerprint density at radius 3 is 1.78 bits per heavy atom. The molecule has 4 aliphatic carbocycles. The molecule has 0 saturated heterocycles. The summed E-state index contributed by atoms with van der Waals surface area (Å²) in [5.74, 6) is 7.58. The molecule has 0 aromatic carbocycles. The van der Waals surface area contributed by atoms with Crippen LogP contribution in [-0.2, 0) is 0 Å². The molecule has 4 rings (SSSR count). The second kappa shape index (κ2) is 0.889. The zero-order valence-corrected chi connectivity index (χ0v) is 5.59. The van der Waals surface area contributed by atoms with Gasteiger partial charge in [-0.1, -0.05) is 0 Å². The summed E-state index contributed by atoms with van der Waals surface area (Å²) in [4.78, 5) is 0. The zero-order valence-electron chi connectivity index (χ0n) is 5.59. The van der Waals surface area contributed by atoms with Gasteiger partial charge in [-0.2, -0.15) is 0 Å². The largest absolute Gasteiger partial charge is 0.0467 e. The summed E-state index contributed by atoms with van der Waals surface area (Å²) in [6, 6.07) is 0. The van der Waals surface area contributed by atoms with Crippen LogP contribution in [0, 0.1) is 35.5 Å². The molecule has 4 fully saturated rings. The molecule has 4 aliphatic rings. The van der Waals surface area contributed by atoms with Crippen molar-refractivity contribution in [3.8, 4) is 0 Å². The summed E-state index contributed by atoms with van der Waals surface area (Å²) in [5, 5.41) is 0. The minimum absolute atomic E-state index is 1.24. The van der Waals surface area contributed by atoms with Crippen LogP contribution >= 0.6 is 0 Å². The molecule has 4 saturated carbocycles. The topological polar surface area (TPSA) is 0 Å². The molecule has 0 aliphatic heterocycles. The van der Waals surface area contributed by atoms with Gasteiger partial charge in [0.15, 0.2) is 0 Å². The molecular formula is C9H12. The smallest absolute Gasteiger partial charge is 0.0323 e. The van der Waals surface area contributed by atoms with E-state index in [1.807, 2.05) is 0 Å². The molecule has 0 bridgehead atoms. The van der Waals surface area contributed by atoms with Gasteiger partial charge in [-0.05, 0) is 54.8 Å². The molecule has 0 radical (unpaired) electrons. The summed E-state index contributed by atoms with van der Waals surface area (Å²) >= 11 is 0. The van der Waals surface area contributed by atoms with E-state index >= 15 is 0 Å². The molecule has 0 heterocycles. The second-order valence-electron chi connectivity index (χ2n) is 4.70. The molecule has 0 spiro atoms. The van der Waals surface area contributed by atoms with Crippen molar-refractivity contribution >= 4 is 0 Å². The van der Waals surface area contributed by atoms with Crippen molar-refractivity contribution in [1.29, 1.82) is 0 Å². The van der Waals surface area contributed by atoms with E-state index in [1.54, 1.807) is 19.3 Å². The van der Waals surface area contributed by atoms with E-state index in [0.29, 0.717) is 0 Å². The Morgan fingerprint density at radius 2 is 1.33 bits per heavy atom. The minimum Gasteiger partial charge on any atom is -0.0467 e. The van der Waals surface area contributed by atoms with Gasteiger partial charge < -0.3 is 0 Å². The van der Waals surface area contributed by atoms with Crippen LogP contribution in [0.3, 0.4) is 0 Å². The van der Waals surface area contributed by atoms with Crippen molar-refractivity contribution in [3.05, 3.63) is 0 Å². The van der Waals surface area contributed by atoms with Gasteiger partial charge in [0.1, 0.15) is 0 Å². The van der Waals surface area contributed by atoms with Crippen LogP contribution < -0.4 is 0 Å². The Bertz CT molecular complexity index is 166. The maximum atomic E-state index is 1.64. The van der Waals surface area contributed by atoms with Gasteiger partial charge in [0.05, 0.1) is 0 Å². The zero-order chi connectivity index (χ0) is 5.59. The van der Waals surface area contributed by atoms with Crippen molar-refractivity contribution in [2.45, 2.75) is 19.3 Å². The molecule has 0 aromatic rings. The lowest BCUT2D eigenvalue weighted by molar-refractivity contribution is -0.0651. The average molecular weight is 120 g/mol. The normalized spacial score (nSPS) is 80.0. The van der Waals surface area contributed by atoms with Gasteiger partial charge >= 0.3 is 0 Å². The summed E-state index contributed by atoms with van der Waals surface area (Å²) in [7, 11) is 0. The predicted octanol–water partition coefficient (Wildman–Crippen LogP) is 1.91. The minimum atomic E-state index is 1.24. The first-order chi connectivity index (χ1) is 4.45. The molecule has 0 aromatic heterocycles. The molecule has 0 nitrogen and oxygen atoms in total. The van der Waals surface area contributed by atoms with Crippen molar-refractivity contribution in [2.24, 2.45) is 35.5 Å². The SMILES string of the molecule is C1C2C1C1CC3CC2C31. The van der Waals surface area contributed by atoms with Crippen LogP contribution in [0.15, 0.2) is 0 Å². The van der Waals surface area contributed by atoms with Crippen LogP contribution in [-0.4, -0.2) is 0 Å². The van der Waals surface area contributed by atoms with Gasteiger partial charge in [-0.25, -0.2) is 0 Å². The molecule has 48 valence electrons. The highest BCUT2D eigenvalue weighted by atomic mass is 14.8. The van der Waals surface area contributed by atoms with Crippen molar-refractivity contribution in [2.75, 3.05) is 0 Å². The fourth-order valence-corrected chi connectivity index (χ4v) is 4.19. The third-order valence-electron chi connectivity index (χ3n) is 4.67. The Hall–Kier alpha value is 0. The van der Waals surface area contributed by atoms with Crippen LogP contribution in [0.4, 0.5) is 0 Å². The Balaban J connectivity index is 1.87. The average Bonchev–Trinajstić information content (AvgIpc) is 2.46. The van der Waals surface area contributed by atoms with E-state index in [4.69, 9.17) is 0 Å². The molecule has 9 heavy (non-hydrogen) atoms. The van der Waals surface area contributed by atoms with Crippen molar-refractivity contribution in [3.63, 3.8) is 0 Å². The van der Waals surface area contributed by atoms with Crippen LogP contribution in [0.1, 0.15) is 19.3 Å². The van der Waals surface area contributed by atoms with Crippen LogP contribution in [0.5, 0.6) is 0 Å². The van der Waals surface area contributed by atoms with E-state index in [-0.39, 0.29) is 0 Å². The van der Waals surface area contributed by atoms with Gasteiger partial charge in [0, 0.05) is 0 Å². The van der Waals surface area contributed by atoms with Crippen molar-refractivity contribution in [1.82, 2.24) is 0 Å². The summed E-state index contributed by atoms with van der Waals surface area (Å²) in [6.07, 6.45) is 4.92. The highest BCUT2D eigenvalue weighted by Gasteiger charge is 2.71. The molecule has 0 heteroatoms. The Labute approximate surface area is 55.6 Å². The van der Waals surface area contributed by atoms with Gasteiger partial charge in [-0.3, -0.25) is 0 Å². The molecule has 4 unspecified atom stereocenters. The van der Waals surface area contributed by atoms with Crippen LogP contribution in [0.2, 0.25) is 0 Å². The van der Waals surface area contributed by atoms with E-state index in [2.05, 4.69) is 0 Å². The lowest BCUT2D eigenvalue weighted by Crippen LogP contribution is -2.48. The molecule has 0 amide bonds. The fourth-order valence-electron chi connectivity index (χ4n) is 4.19. The van der Waals surface area contributed by atoms with Gasteiger partial charge in [-0.15, -0.1) is 0 Å². The number of fused-ring (bicyclic) bond motifs is 3. The van der Waals surface area contributed by atoms with Crippen LogP contribution in [0.25, 0.3) is 0 Å². The highest BCUT2D eigenvalue weighted by Crippen LogP contribution is 2.77. The van der Waals surface area contributed by atoms with Gasteiger partial charge in [0.2, 0.25) is 0 Å². The standard InChI is InChI=1S/C9H12/c1-4-2-8-6-3-5(6)7(1)9(4)8/h4-9H,1-3H2. The third kappa shape index (κ3) is 0.249. The van der Waals surface area contributed by atoms with Gasteiger partial charge in [0.25, 0.3) is 0 Å². The number of hydrogen-bond donors (Lipinski definition) is 0. The quantitative estimate of drug-likeness (QED) is 0.458. The lowest BCUT2D eigenvalue weighted by atomic mass is 9.50. The number of rotatable bonds is 0. The predicted molar refractivity (Wildman–Crippen MR) is 34.8 cm³/mol. The second-order valence-corrected chi connectivity index (χ2v) is 4.70. The summed E-state index contributed by atoms with van der Waals surface area (Å²) in [5.41, 5.74) is 0. The first kappa shape index (κ1) is 4.00. The van der Waals surface area contributed by atoms with Crippen molar-refractivity contribution < 1.29 is 0 Å². The van der Waals surface area contributed by atoms with E-state index in [9.17, 15) is 0 Å². The van der Waals surface area contributed by atoms with E-state index in [0.717, 1.165) is 0 Å². The molecule has 4 atom stereocenters. The molecule has 0 N–H and O–H groups in total. The first-order valence-corrected chi connectivity index (χ1v) is 4.45. The monoisotopic (exact) mass is 120 g/mol. The molecular weight excluding hydrogens is 108 g/mol. The summed E-state index contributed by atoms with van der Waals surface area (Å²) in [6.45, 7) is 0. The lowest BCUT2D eigenvalue weighted by Gasteiger charge is -2.55. The highest BCUT2D eigenvalue weighted by molar-refractivity contribution is 5.19. The fraction of sp³-hybridized carbons (Fsp3) is 1.00. The maximum absolute atomic E-state index is 1.64. The third-order valence-corrected chi connectivity index (χ3v) is 4.67. The summed E-state index contributed by atoms with van der Waals surface area (Å²) < 4.78 is 0. The Morgan fingerprint density at radius 1 is 0.667 bits per heavy atom. The Kier molecular flexibility index (Phi) is 0.395. The first-order valence-electron chi connectivity index (χ1n) is 4.45. The van der Waals surface area contributed by atoms with E-state index < -0.39 is 0 Å². The maximum Gasteiger partial charge on any atom is -0.0323 e. The number of hydrogen-bond acceptors (Lipinski definition) is 0. The van der Waals surface area contributed by atoms with E-state index in [1.165, 1.54) is 35.5 Å².